The molecule has 1 N–H and O–H groups in total. The van der Waals surface area contributed by atoms with Crippen LogP contribution in [0.4, 0.5) is 4.39 Å². The van der Waals surface area contributed by atoms with Crippen molar-refractivity contribution in [2.45, 2.75) is 63.4 Å². The first-order valence-corrected chi connectivity index (χ1v) is 7.56. The molecule has 0 radical (unpaired) electrons. The Hall–Kier alpha value is -0.890. The van der Waals surface area contributed by atoms with Crippen LogP contribution in [0.3, 0.4) is 0 Å². The highest BCUT2D eigenvalue weighted by molar-refractivity contribution is 5.18. The number of hydrogen-bond acceptors (Lipinski definition) is 1. The summed E-state index contributed by atoms with van der Waals surface area (Å²) in [5.74, 6) is -0.204. The van der Waals surface area contributed by atoms with Crippen molar-refractivity contribution in [3.05, 3.63) is 35.6 Å². The average Bonchev–Trinajstić information content (AvgIpc) is 2.86. The van der Waals surface area contributed by atoms with Crippen molar-refractivity contribution in [2.75, 3.05) is 0 Å². The van der Waals surface area contributed by atoms with Gasteiger partial charge >= 0.3 is 0 Å². The SMILES string of the molecule is OC1(Cc2ccc(F)cc2)CCC2(CCCC2)CC1. The van der Waals surface area contributed by atoms with E-state index in [1.165, 1.54) is 50.7 Å². The van der Waals surface area contributed by atoms with Crippen molar-refractivity contribution in [1.82, 2.24) is 0 Å². The summed E-state index contributed by atoms with van der Waals surface area (Å²) in [6.45, 7) is 0. The summed E-state index contributed by atoms with van der Waals surface area (Å²) < 4.78 is 12.9. The third-order valence-electron chi connectivity index (χ3n) is 5.35. The second-order valence-corrected chi connectivity index (χ2v) is 6.73. The van der Waals surface area contributed by atoms with Crippen LogP contribution in [0.2, 0.25) is 0 Å². The van der Waals surface area contributed by atoms with E-state index in [2.05, 4.69) is 0 Å². The van der Waals surface area contributed by atoms with E-state index in [0.717, 1.165) is 18.4 Å². The van der Waals surface area contributed by atoms with Gasteiger partial charge in [-0.1, -0.05) is 25.0 Å². The Kier molecular flexibility index (Phi) is 3.38. The van der Waals surface area contributed by atoms with Crippen LogP contribution in [-0.2, 0) is 6.42 Å². The van der Waals surface area contributed by atoms with Gasteiger partial charge in [-0.05, 0) is 61.6 Å². The highest BCUT2D eigenvalue weighted by Gasteiger charge is 2.42. The molecule has 1 aromatic carbocycles. The van der Waals surface area contributed by atoms with Gasteiger partial charge in [-0.3, -0.25) is 0 Å². The topological polar surface area (TPSA) is 20.2 Å². The Bertz CT molecular complexity index is 421. The van der Waals surface area contributed by atoms with Crippen LogP contribution in [-0.4, -0.2) is 10.7 Å². The van der Waals surface area contributed by atoms with E-state index in [1.54, 1.807) is 12.1 Å². The summed E-state index contributed by atoms with van der Waals surface area (Å²) in [6, 6.07) is 6.57. The summed E-state index contributed by atoms with van der Waals surface area (Å²) in [6.07, 6.45) is 10.3. The quantitative estimate of drug-likeness (QED) is 0.845. The molecule has 0 aromatic heterocycles. The molecule has 2 aliphatic rings. The molecule has 0 aliphatic heterocycles. The number of rotatable bonds is 2. The van der Waals surface area contributed by atoms with E-state index < -0.39 is 5.60 Å². The van der Waals surface area contributed by atoms with Gasteiger partial charge in [0.2, 0.25) is 0 Å². The number of halogens is 1. The molecule has 19 heavy (non-hydrogen) atoms. The molecule has 0 bridgehead atoms. The fraction of sp³-hybridized carbons (Fsp3) is 0.647. The minimum Gasteiger partial charge on any atom is -0.390 e. The van der Waals surface area contributed by atoms with Crippen molar-refractivity contribution in [2.24, 2.45) is 5.41 Å². The zero-order chi connectivity index (χ0) is 13.3. The smallest absolute Gasteiger partial charge is 0.123 e. The summed E-state index contributed by atoms with van der Waals surface area (Å²) >= 11 is 0. The van der Waals surface area contributed by atoms with Crippen molar-refractivity contribution in [3.8, 4) is 0 Å². The summed E-state index contributed by atoms with van der Waals surface area (Å²) in [5, 5.41) is 10.7. The number of aliphatic hydroxyl groups is 1. The van der Waals surface area contributed by atoms with Gasteiger partial charge in [-0.2, -0.15) is 0 Å². The summed E-state index contributed by atoms with van der Waals surface area (Å²) in [7, 11) is 0. The zero-order valence-electron chi connectivity index (χ0n) is 11.5. The molecule has 2 fully saturated rings. The molecule has 0 atom stereocenters. The summed E-state index contributed by atoms with van der Waals surface area (Å²) in [5.41, 5.74) is 1.03. The Morgan fingerprint density at radius 2 is 1.47 bits per heavy atom. The van der Waals surface area contributed by atoms with Gasteiger partial charge in [0.1, 0.15) is 5.82 Å². The lowest BCUT2D eigenvalue weighted by Crippen LogP contribution is -2.39. The third kappa shape index (κ3) is 2.84. The lowest BCUT2D eigenvalue weighted by atomic mass is 9.66. The largest absolute Gasteiger partial charge is 0.390 e. The van der Waals surface area contributed by atoms with Crippen LogP contribution in [0.15, 0.2) is 24.3 Å². The molecule has 1 spiro atoms. The molecule has 0 heterocycles. The molecule has 2 heteroatoms. The molecular formula is C17H23FO. The monoisotopic (exact) mass is 262 g/mol. The van der Waals surface area contributed by atoms with Crippen molar-refractivity contribution >= 4 is 0 Å². The predicted octanol–water partition coefficient (Wildman–Crippen LogP) is 4.23. The normalized spacial score (nSPS) is 24.7. The van der Waals surface area contributed by atoms with Crippen LogP contribution >= 0.6 is 0 Å². The first-order valence-electron chi connectivity index (χ1n) is 7.56. The second-order valence-electron chi connectivity index (χ2n) is 6.73. The lowest BCUT2D eigenvalue weighted by Gasteiger charge is -2.42. The Labute approximate surface area is 114 Å². The van der Waals surface area contributed by atoms with E-state index in [1.807, 2.05) is 0 Å². The first kappa shape index (κ1) is 13.1. The van der Waals surface area contributed by atoms with Crippen LogP contribution < -0.4 is 0 Å². The molecule has 1 nitrogen and oxygen atoms in total. The molecule has 0 unspecified atom stereocenters. The molecule has 2 saturated carbocycles. The van der Waals surface area contributed by atoms with Crippen LogP contribution in [0.5, 0.6) is 0 Å². The van der Waals surface area contributed by atoms with Crippen LogP contribution in [0.25, 0.3) is 0 Å². The zero-order valence-corrected chi connectivity index (χ0v) is 11.5. The standard InChI is InChI=1S/C17H23FO/c18-15-5-3-14(4-6-15)13-17(19)11-9-16(10-12-17)7-1-2-8-16/h3-6,19H,1-2,7-13H2. The van der Waals surface area contributed by atoms with E-state index >= 15 is 0 Å². The molecule has 2 aliphatic carbocycles. The van der Waals surface area contributed by atoms with Gasteiger partial charge < -0.3 is 5.11 Å². The van der Waals surface area contributed by atoms with Gasteiger partial charge in [-0.15, -0.1) is 0 Å². The Balaban J connectivity index is 1.63. The highest BCUT2D eigenvalue weighted by atomic mass is 19.1. The Morgan fingerprint density at radius 3 is 2.05 bits per heavy atom. The predicted molar refractivity (Wildman–Crippen MR) is 74.4 cm³/mol. The fourth-order valence-corrected chi connectivity index (χ4v) is 4.03. The highest BCUT2D eigenvalue weighted by Crippen LogP contribution is 2.51. The fourth-order valence-electron chi connectivity index (χ4n) is 4.03. The van der Waals surface area contributed by atoms with Gasteiger partial charge in [0.15, 0.2) is 0 Å². The lowest BCUT2D eigenvalue weighted by molar-refractivity contribution is -0.0322. The number of hydrogen-bond donors (Lipinski definition) is 1. The van der Waals surface area contributed by atoms with Gasteiger partial charge in [-0.25, -0.2) is 4.39 Å². The minimum absolute atomic E-state index is 0.204. The van der Waals surface area contributed by atoms with E-state index in [0.29, 0.717) is 11.8 Å². The molecule has 0 amide bonds. The minimum atomic E-state index is -0.564. The van der Waals surface area contributed by atoms with Crippen molar-refractivity contribution < 1.29 is 9.50 Å². The maximum absolute atomic E-state index is 12.9. The third-order valence-corrected chi connectivity index (χ3v) is 5.35. The summed E-state index contributed by atoms with van der Waals surface area (Å²) in [4.78, 5) is 0. The molecular weight excluding hydrogens is 239 g/mol. The van der Waals surface area contributed by atoms with Gasteiger partial charge in [0.05, 0.1) is 5.60 Å². The maximum Gasteiger partial charge on any atom is 0.123 e. The van der Waals surface area contributed by atoms with E-state index in [4.69, 9.17) is 0 Å². The average molecular weight is 262 g/mol. The molecule has 1 aromatic rings. The molecule has 3 rings (SSSR count). The van der Waals surface area contributed by atoms with Crippen molar-refractivity contribution in [3.63, 3.8) is 0 Å². The molecule has 0 saturated heterocycles. The molecule has 104 valence electrons. The maximum atomic E-state index is 12.9. The van der Waals surface area contributed by atoms with Crippen molar-refractivity contribution in [1.29, 1.82) is 0 Å². The van der Waals surface area contributed by atoms with Gasteiger partial charge in [0, 0.05) is 6.42 Å². The van der Waals surface area contributed by atoms with E-state index in [9.17, 15) is 9.50 Å². The van der Waals surface area contributed by atoms with Gasteiger partial charge in [0.25, 0.3) is 0 Å². The number of benzene rings is 1. The Morgan fingerprint density at radius 1 is 0.895 bits per heavy atom. The van der Waals surface area contributed by atoms with Crippen LogP contribution in [0, 0.1) is 11.2 Å². The second kappa shape index (κ2) is 4.90. The van der Waals surface area contributed by atoms with E-state index in [-0.39, 0.29) is 5.82 Å². The van der Waals surface area contributed by atoms with Crippen LogP contribution in [0.1, 0.15) is 56.9 Å². The first-order chi connectivity index (χ1) is 9.09.